The number of hydrogen-bond donors (Lipinski definition) is 1. The molecule has 0 spiro atoms. The van der Waals surface area contributed by atoms with E-state index in [9.17, 15) is 14.7 Å². The van der Waals surface area contributed by atoms with E-state index in [-0.39, 0.29) is 18.0 Å². The van der Waals surface area contributed by atoms with Crippen LogP contribution >= 0.6 is 0 Å². The van der Waals surface area contributed by atoms with Crippen LogP contribution in [0.1, 0.15) is 26.2 Å². The average Bonchev–Trinajstić information content (AvgIpc) is 2.75. The fourth-order valence-electron chi connectivity index (χ4n) is 3.46. The minimum atomic E-state index is -0.922. The zero-order valence-electron chi connectivity index (χ0n) is 12.7. The molecule has 120 valence electrons. The van der Waals surface area contributed by atoms with Crippen molar-refractivity contribution in [2.24, 2.45) is 5.92 Å². The maximum atomic E-state index is 12.8. The number of hydrogen-bond acceptors (Lipinski definition) is 4. The Morgan fingerprint density at radius 3 is 2.64 bits per heavy atom. The number of fused-ring (bicyclic) bond motifs is 2. The smallest absolute Gasteiger partial charge is 0.314 e. The molecule has 0 aromatic heterocycles. The van der Waals surface area contributed by atoms with Crippen LogP contribution in [0.5, 0.6) is 0 Å². The molecular weight excluding hydrogens is 286 g/mol. The van der Waals surface area contributed by atoms with Crippen molar-refractivity contribution in [3.63, 3.8) is 0 Å². The third kappa shape index (κ3) is 2.63. The number of carboxylic acid groups (broad SMARTS) is 1. The first-order valence-electron chi connectivity index (χ1n) is 7.79. The van der Waals surface area contributed by atoms with Crippen molar-refractivity contribution >= 4 is 11.9 Å². The summed E-state index contributed by atoms with van der Waals surface area (Å²) in [5.74, 6) is -1.27. The van der Waals surface area contributed by atoms with Crippen LogP contribution in [0, 0.1) is 5.92 Å². The Balaban J connectivity index is 1.80. The van der Waals surface area contributed by atoms with Crippen LogP contribution in [0.3, 0.4) is 0 Å². The summed E-state index contributed by atoms with van der Waals surface area (Å²) >= 11 is 0. The topological polar surface area (TPSA) is 76.1 Å². The summed E-state index contributed by atoms with van der Waals surface area (Å²) < 4.78 is 10.9. The van der Waals surface area contributed by atoms with Crippen molar-refractivity contribution in [1.29, 1.82) is 0 Å². The molecule has 2 heterocycles. The molecule has 6 nitrogen and oxygen atoms in total. The van der Waals surface area contributed by atoms with E-state index in [0.717, 1.165) is 12.8 Å². The summed E-state index contributed by atoms with van der Waals surface area (Å²) in [5.41, 5.74) is 0.541. The number of carboxylic acids is 1. The Labute approximate surface area is 129 Å². The molecule has 1 amide bonds. The Morgan fingerprint density at radius 1 is 1.36 bits per heavy atom. The normalized spacial score (nSPS) is 30.6. The van der Waals surface area contributed by atoms with E-state index in [4.69, 9.17) is 9.47 Å². The summed E-state index contributed by atoms with van der Waals surface area (Å²) in [4.78, 5) is 26.0. The van der Waals surface area contributed by atoms with Crippen molar-refractivity contribution < 1.29 is 24.2 Å². The second-order valence-corrected chi connectivity index (χ2v) is 5.90. The molecule has 3 aliphatic rings. The molecule has 2 fully saturated rings. The Morgan fingerprint density at radius 2 is 2.05 bits per heavy atom. The lowest BCUT2D eigenvalue weighted by molar-refractivity contribution is -0.142. The highest BCUT2D eigenvalue weighted by Crippen LogP contribution is 2.32. The monoisotopic (exact) mass is 307 g/mol. The third-order valence-corrected chi connectivity index (χ3v) is 4.55. The first-order valence-corrected chi connectivity index (χ1v) is 7.79. The quantitative estimate of drug-likeness (QED) is 0.848. The van der Waals surface area contributed by atoms with Gasteiger partial charge in [-0.05, 0) is 32.3 Å². The minimum Gasteiger partial charge on any atom is -0.497 e. The lowest BCUT2D eigenvalue weighted by Gasteiger charge is -2.35. The van der Waals surface area contributed by atoms with Crippen molar-refractivity contribution in [3.05, 3.63) is 23.5 Å². The molecule has 2 saturated heterocycles. The molecule has 0 radical (unpaired) electrons. The minimum absolute atomic E-state index is 0.0307. The van der Waals surface area contributed by atoms with Gasteiger partial charge >= 0.3 is 5.97 Å². The highest BCUT2D eigenvalue weighted by Gasteiger charge is 2.41. The number of amides is 1. The molecule has 22 heavy (non-hydrogen) atoms. The number of ether oxygens (including phenoxy) is 2. The molecule has 0 aromatic rings. The van der Waals surface area contributed by atoms with Gasteiger partial charge in [-0.15, -0.1) is 0 Å². The van der Waals surface area contributed by atoms with E-state index in [1.807, 2.05) is 11.8 Å². The zero-order chi connectivity index (χ0) is 15.7. The number of nitrogens with zero attached hydrogens (tertiary/aromatic N) is 1. The van der Waals surface area contributed by atoms with Gasteiger partial charge < -0.3 is 19.5 Å². The lowest BCUT2D eigenvalue weighted by Crippen LogP contribution is -2.49. The number of allylic oxidation sites excluding steroid dienone is 1. The van der Waals surface area contributed by atoms with Crippen LogP contribution in [0.2, 0.25) is 0 Å². The molecule has 2 aliphatic heterocycles. The van der Waals surface area contributed by atoms with Crippen LogP contribution in [0.15, 0.2) is 23.5 Å². The van der Waals surface area contributed by atoms with Gasteiger partial charge in [-0.1, -0.05) is 6.08 Å². The van der Waals surface area contributed by atoms with E-state index < -0.39 is 11.9 Å². The fraction of sp³-hybridized carbons (Fsp3) is 0.625. The number of carbonyl (C=O) groups is 2. The number of morpholine rings is 1. The molecule has 3 atom stereocenters. The van der Waals surface area contributed by atoms with Crippen LogP contribution in [0.4, 0.5) is 0 Å². The Kier molecular flexibility index (Phi) is 4.20. The first kappa shape index (κ1) is 15.1. The van der Waals surface area contributed by atoms with Crippen molar-refractivity contribution in [3.8, 4) is 0 Å². The molecule has 0 saturated carbocycles. The van der Waals surface area contributed by atoms with Gasteiger partial charge in [0.05, 0.1) is 31.9 Å². The molecule has 1 N–H and O–H groups in total. The number of carbonyl (C=O) groups excluding carboxylic acids is 1. The summed E-state index contributed by atoms with van der Waals surface area (Å²) in [6.07, 6.45) is 5.57. The maximum absolute atomic E-state index is 12.8. The van der Waals surface area contributed by atoms with Gasteiger partial charge in [-0.3, -0.25) is 9.59 Å². The van der Waals surface area contributed by atoms with Gasteiger partial charge in [0.1, 0.15) is 11.7 Å². The molecule has 2 bridgehead atoms. The summed E-state index contributed by atoms with van der Waals surface area (Å²) in [6, 6.07) is 0.293. The second-order valence-electron chi connectivity index (χ2n) is 5.90. The zero-order valence-corrected chi connectivity index (χ0v) is 12.7. The van der Waals surface area contributed by atoms with Crippen molar-refractivity contribution in [2.75, 3.05) is 19.8 Å². The van der Waals surface area contributed by atoms with Gasteiger partial charge in [0, 0.05) is 5.57 Å². The standard InChI is InChI=1S/C16H21NO5/c1-2-22-14-7-10(3-6-13(14)16(19)20)15(18)17-11-4-5-12(17)9-21-8-11/h3,7,11-13H,2,4-6,8-9H2,1H3,(H,19,20)/t11?,12?,13-/m0/s1. The summed E-state index contributed by atoms with van der Waals surface area (Å²) in [6.45, 7) is 3.38. The summed E-state index contributed by atoms with van der Waals surface area (Å²) in [5, 5.41) is 9.24. The van der Waals surface area contributed by atoms with Crippen molar-refractivity contribution in [1.82, 2.24) is 4.90 Å². The largest absolute Gasteiger partial charge is 0.497 e. The molecule has 2 unspecified atom stereocenters. The molecule has 3 rings (SSSR count). The van der Waals surface area contributed by atoms with E-state index in [1.54, 1.807) is 12.2 Å². The Bertz CT molecular complexity index is 523. The highest BCUT2D eigenvalue weighted by molar-refractivity contribution is 5.97. The van der Waals surface area contributed by atoms with Gasteiger partial charge in [0.2, 0.25) is 0 Å². The highest BCUT2D eigenvalue weighted by atomic mass is 16.5. The lowest BCUT2D eigenvalue weighted by atomic mass is 9.93. The third-order valence-electron chi connectivity index (χ3n) is 4.55. The van der Waals surface area contributed by atoms with Crippen LogP contribution < -0.4 is 0 Å². The number of aliphatic carboxylic acids is 1. The second kappa shape index (κ2) is 6.12. The van der Waals surface area contributed by atoms with E-state index >= 15 is 0 Å². The molecular formula is C16H21NO5. The first-order chi connectivity index (χ1) is 10.6. The number of rotatable bonds is 4. The van der Waals surface area contributed by atoms with Crippen molar-refractivity contribution in [2.45, 2.75) is 38.3 Å². The predicted octanol–water partition coefficient (Wildman–Crippen LogP) is 1.33. The van der Waals surface area contributed by atoms with E-state index in [2.05, 4.69) is 0 Å². The average molecular weight is 307 g/mol. The van der Waals surface area contributed by atoms with Gasteiger partial charge in [0.15, 0.2) is 0 Å². The summed E-state index contributed by atoms with van der Waals surface area (Å²) in [7, 11) is 0. The maximum Gasteiger partial charge on any atom is 0.314 e. The molecule has 1 aliphatic carbocycles. The fourth-order valence-corrected chi connectivity index (χ4v) is 3.46. The van der Waals surface area contributed by atoms with Crippen LogP contribution in [-0.4, -0.2) is 53.8 Å². The molecule has 6 heteroatoms. The van der Waals surface area contributed by atoms with E-state index in [1.165, 1.54) is 0 Å². The van der Waals surface area contributed by atoms with Gasteiger partial charge in [-0.25, -0.2) is 0 Å². The SMILES string of the molecule is CCOC1=CC(C(=O)N2C3CCC2COC3)=CC[C@@H]1C(=O)O. The predicted molar refractivity (Wildman–Crippen MR) is 78.0 cm³/mol. The Hall–Kier alpha value is -1.82. The van der Waals surface area contributed by atoms with Crippen LogP contribution in [0.25, 0.3) is 0 Å². The van der Waals surface area contributed by atoms with Gasteiger partial charge in [-0.2, -0.15) is 0 Å². The van der Waals surface area contributed by atoms with Gasteiger partial charge in [0.25, 0.3) is 5.91 Å². The van der Waals surface area contributed by atoms with Crippen LogP contribution in [-0.2, 0) is 19.1 Å². The van der Waals surface area contributed by atoms with E-state index in [0.29, 0.717) is 37.6 Å². The molecule has 0 aromatic carbocycles.